The van der Waals surface area contributed by atoms with Gasteiger partial charge in [-0.25, -0.2) is 38.4 Å². The molecular weight excluding hydrogens is 1020 g/mol. The normalized spacial score (nSPS) is 12.2. The van der Waals surface area contributed by atoms with Crippen LogP contribution in [0.25, 0.3) is 0 Å². The Morgan fingerprint density at radius 3 is 1.12 bits per heavy atom. The molecule has 0 heterocycles. The summed E-state index contributed by atoms with van der Waals surface area (Å²) in [6, 6.07) is 19.5. The highest BCUT2D eigenvalue weighted by molar-refractivity contribution is 6.72. The zero-order chi connectivity index (χ0) is 56.4. The summed E-state index contributed by atoms with van der Waals surface area (Å²) in [7, 11) is -4.26. The summed E-state index contributed by atoms with van der Waals surface area (Å²) in [5.74, 6) is -3.97. The Bertz CT molecular complexity index is 2060. The lowest BCUT2D eigenvalue weighted by molar-refractivity contribution is -0.139. The lowest BCUT2D eigenvalue weighted by atomic mass is 10.2. The zero-order valence-electron chi connectivity index (χ0n) is 46.1. The van der Waals surface area contributed by atoms with Gasteiger partial charge in [-0.15, -0.1) is 0 Å². The summed E-state index contributed by atoms with van der Waals surface area (Å²) in [4.78, 5) is 90.3. The topological polar surface area (TPSA) is 210 Å². The first-order valence-electron chi connectivity index (χ1n) is 25.1. The van der Waals surface area contributed by atoms with Crippen molar-refractivity contribution in [2.45, 2.75) is 143 Å². The van der Waals surface area contributed by atoms with E-state index in [9.17, 15) is 38.4 Å². The summed E-state index contributed by atoms with van der Waals surface area (Å²) >= 11 is 0. The molecule has 0 fully saturated rings. The molecule has 20 heteroatoms. The largest absolute Gasteiger partial charge is 0.522 e. The van der Waals surface area contributed by atoms with Crippen molar-refractivity contribution >= 4 is 95.7 Å². The van der Waals surface area contributed by atoms with Crippen molar-refractivity contribution in [2.75, 3.05) is 26.9 Å². The van der Waals surface area contributed by atoms with Crippen molar-refractivity contribution in [2.24, 2.45) is 0 Å². The van der Waals surface area contributed by atoms with Gasteiger partial charge in [-0.3, -0.25) is 0 Å². The maximum atomic E-state index is 12.0. The third-order valence-electron chi connectivity index (χ3n) is 9.19. The van der Waals surface area contributed by atoms with Crippen molar-refractivity contribution in [3.05, 3.63) is 109 Å². The SMILES string of the molecule is CCCCCOC(=O)/C=C/C(=O)O[SiH2]C(C)C.CCCCOC(=O)/C=C/C(=O)O[SiH2]C.CCCCOC(=O)/C=C/C(=O)O[SiH](c1ccccc1)C(C)(C)C.COC(=O)/C=C/C(=O)O[SiH](c1ccccc1)C(C)(C)C. The predicted molar refractivity (Wildman–Crippen MR) is 299 cm³/mol. The molecule has 2 atom stereocenters. The van der Waals surface area contributed by atoms with Crippen LogP contribution >= 0.6 is 0 Å². The van der Waals surface area contributed by atoms with Crippen LogP contribution in [0.1, 0.15) is 121 Å². The Morgan fingerprint density at radius 2 is 0.797 bits per heavy atom. The molecule has 0 aliphatic heterocycles. The van der Waals surface area contributed by atoms with E-state index in [1.807, 2.05) is 116 Å². The summed E-state index contributed by atoms with van der Waals surface area (Å²) in [5, 5.41) is 1.88. The minimum absolute atomic E-state index is 0.115. The van der Waals surface area contributed by atoms with Crippen LogP contribution in [0, 0.1) is 0 Å². The molecule has 0 aliphatic carbocycles. The first kappa shape index (κ1) is 70.1. The van der Waals surface area contributed by atoms with E-state index in [4.69, 9.17) is 31.9 Å². The smallest absolute Gasteiger partial charge is 0.331 e. The Balaban J connectivity index is 0. The van der Waals surface area contributed by atoms with E-state index in [1.54, 1.807) is 0 Å². The van der Waals surface area contributed by atoms with E-state index in [0.717, 1.165) is 104 Å². The van der Waals surface area contributed by atoms with Crippen molar-refractivity contribution in [1.29, 1.82) is 0 Å². The molecule has 0 saturated heterocycles. The molecule has 0 spiro atoms. The Kier molecular flexibility index (Phi) is 40.2. The monoisotopic (exact) mass is 1100 g/mol. The average Bonchev–Trinajstić information content (AvgIpc) is 3.36. The molecular formula is C54H84O16Si4. The Hall–Kier alpha value is -5.97. The number of carbonyl (C=O) groups excluding carboxylic acids is 8. The van der Waals surface area contributed by atoms with Gasteiger partial charge in [0.2, 0.25) is 19.5 Å². The predicted octanol–water partition coefficient (Wildman–Crippen LogP) is 6.84. The third kappa shape index (κ3) is 39.5. The number of rotatable bonds is 25. The zero-order valence-corrected chi connectivity index (χ0v) is 51.3. The highest BCUT2D eigenvalue weighted by atomic mass is 28.3. The van der Waals surface area contributed by atoms with Gasteiger partial charge in [0.05, 0.1) is 26.9 Å². The second-order valence-corrected chi connectivity index (χ2v) is 28.6. The van der Waals surface area contributed by atoms with Crippen LogP contribution in [0.4, 0.5) is 0 Å². The van der Waals surface area contributed by atoms with E-state index < -0.39 is 85.4 Å². The van der Waals surface area contributed by atoms with E-state index in [0.29, 0.717) is 25.4 Å². The van der Waals surface area contributed by atoms with Gasteiger partial charge < -0.3 is 36.7 Å². The van der Waals surface area contributed by atoms with Gasteiger partial charge in [-0.2, -0.15) is 0 Å². The molecule has 0 saturated carbocycles. The number of esters is 4. The molecule has 0 aliphatic rings. The van der Waals surface area contributed by atoms with Crippen LogP contribution in [-0.4, -0.2) is 112 Å². The van der Waals surface area contributed by atoms with E-state index in [-0.39, 0.29) is 10.1 Å². The molecule has 0 radical (unpaired) electrons. The van der Waals surface area contributed by atoms with E-state index in [1.165, 1.54) is 7.11 Å². The lowest BCUT2D eigenvalue weighted by Crippen LogP contribution is -2.42. The fourth-order valence-electron chi connectivity index (χ4n) is 5.46. The van der Waals surface area contributed by atoms with Crippen LogP contribution in [-0.2, 0) is 75.0 Å². The van der Waals surface area contributed by atoms with Gasteiger partial charge >= 0.3 is 47.8 Å². The number of methoxy groups -OCH3 is 1. The fraction of sp³-hybridized carbons (Fsp3) is 0.481. The molecule has 0 N–H and O–H groups in total. The second kappa shape index (κ2) is 42.4. The molecule has 2 aromatic carbocycles. The van der Waals surface area contributed by atoms with Gasteiger partial charge in [0.25, 0.3) is 18.1 Å². The highest BCUT2D eigenvalue weighted by Gasteiger charge is 2.33. The quantitative estimate of drug-likeness (QED) is 0.0328. The number of carbonyl (C=O) groups is 8. The molecule has 0 bridgehead atoms. The number of unbranched alkanes of at least 4 members (excludes halogenated alkanes) is 4. The maximum absolute atomic E-state index is 12.0. The van der Waals surface area contributed by atoms with Crippen LogP contribution in [0.15, 0.2) is 109 Å². The number of hydrogen-bond donors (Lipinski definition) is 0. The lowest BCUT2D eigenvalue weighted by Gasteiger charge is -2.28. The molecule has 2 rings (SSSR count). The molecule has 2 unspecified atom stereocenters. The van der Waals surface area contributed by atoms with Crippen molar-refractivity contribution in [1.82, 2.24) is 0 Å². The van der Waals surface area contributed by atoms with Gasteiger partial charge in [0, 0.05) is 48.6 Å². The van der Waals surface area contributed by atoms with Crippen molar-refractivity contribution in [3.8, 4) is 0 Å². The van der Waals surface area contributed by atoms with E-state index >= 15 is 0 Å². The second-order valence-electron chi connectivity index (χ2n) is 18.7. The first-order chi connectivity index (χ1) is 34.9. The van der Waals surface area contributed by atoms with Gasteiger partial charge in [-0.05, 0) is 51.8 Å². The minimum Gasteiger partial charge on any atom is -0.522 e. The third-order valence-corrected chi connectivity index (χ3v) is 16.9. The summed E-state index contributed by atoms with van der Waals surface area (Å²) in [6.07, 6.45) is 15.5. The van der Waals surface area contributed by atoms with Crippen LogP contribution in [0.2, 0.25) is 22.2 Å². The Morgan fingerprint density at radius 1 is 0.473 bits per heavy atom. The van der Waals surface area contributed by atoms with Crippen LogP contribution in [0.5, 0.6) is 0 Å². The molecule has 16 nitrogen and oxygen atoms in total. The molecule has 0 aromatic heterocycles. The van der Waals surface area contributed by atoms with Crippen molar-refractivity contribution < 1.29 is 75.0 Å². The van der Waals surface area contributed by atoms with E-state index in [2.05, 4.69) is 32.4 Å². The Labute approximate surface area is 448 Å². The summed E-state index contributed by atoms with van der Waals surface area (Å²) in [6.45, 7) is 25.5. The number of ether oxygens (including phenoxy) is 4. The molecule has 2 aromatic rings. The molecule has 74 heavy (non-hydrogen) atoms. The summed E-state index contributed by atoms with van der Waals surface area (Å²) < 4.78 is 40.1. The number of hydrogen-bond acceptors (Lipinski definition) is 16. The maximum Gasteiger partial charge on any atom is 0.331 e. The standard InChI is InChI=1S/C18H26O4Si.C15H20O4Si.C12H22O4Si.C9H16O4Si/c1-5-6-14-21-16(19)12-13-17(20)22-23(18(2,3)4)15-10-8-7-9-11-15;1-15(2,3)20(12-8-6-5-7-9-12)19-14(17)11-10-13(16)18-4;1-4-5-6-9-15-11(13)7-8-12(14)16-17-10(2)3;1-3-4-7-12-8(10)5-6-9(11)13-14-2/h7-13,23H,5-6,14H2,1-4H3;5-11,20H,1-4H3;7-8,10H,4-6,9,17H2,1-3H3;5-6H,3-4,7,14H2,1-2H3/b13-12+;11-10+;8-7+;6-5+. The van der Waals surface area contributed by atoms with Crippen LogP contribution in [0.3, 0.4) is 0 Å². The number of benzene rings is 2. The van der Waals surface area contributed by atoms with Crippen molar-refractivity contribution in [3.63, 3.8) is 0 Å². The van der Waals surface area contributed by atoms with Gasteiger partial charge in [0.15, 0.2) is 0 Å². The average molecular weight is 1100 g/mol. The van der Waals surface area contributed by atoms with Crippen LogP contribution < -0.4 is 10.4 Å². The summed E-state index contributed by atoms with van der Waals surface area (Å²) in [5.41, 5.74) is 0.424. The highest BCUT2D eigenvalue weighted by Crippen LogP contribution is 2.28. The fourth-order valence-corrected chi connectivity index (χ4v) is 11.2. The molecule has 412 valence electrons. The molecule has 0 amide bonds. The van der Waals surface area contributed by atoms with Gasteiger partial charge in [0.1, 0.15) is 0 Å². The van der Waals surface area contributed by atoms with Gasteiger partial charge in [-0.1, -0.05) is 163 Å². The first-order valence-corrected chi connectivity index (χ1v) is 31.7. The minimum atomic E-state index is -1.98.